The first-order valence-corrected chi connectivity index (χ1v) is 12.5. The number of rotatable bonds is 6. The quantitative estimate of drug-likeness (QED) is 0.527. The molecule has 8 heteroatoms. The fourth-order valence-corrected chi connectivity index (χ4v) is 4.55. The standard InChI is InChI=1S/C28H30FN5O2/c1-20-6-8-21(9-7-20)25-12-13-26(31-30-25)32-14-3-15-33(17-16-32)27(35)19-34(24-10-11-24)28(36)22-4-2-5-23(29)18-22/h2,4-9,12-13,18,24H,3,10-11,14-17,19H2,1H3. The molecule has 1 saturated heterocycles. The smallest absolute Gasteiger partial charge is 0.254 e. The van der Waals surface area contributed by atoms with Gasteiger partial charge in [0.05, 0.1) is 5.69 Å². The number of nitrogens with zero attached hydrogens (tertiary/aromatic N) is 5. The van der Waals surface area contributed by atoms with Crippen LogP contribution in [0.5, 0.6) is 0 Å². The zero-order valence-corrected chi connectivity index (χ0v) is 20.4. The van der Waals surface area contributed by atoms with Crippen LogP contribution in [0.25, 0.3) is 11.3 Å². The molecule has 0 bridgehead atoms. The van der Waals surface area contributed by atoms with Gasteiger partial charge in [-0.15, -0.1) is 10.2 Å². The molecule has 1 aliphatic carbocycles. The summed E-state index contributed by atoms with van der Waals surface area (Å²) in [5.74, 6) is -0.0216. The summed E-state index contributed by atoms with van der Waals surface area (Å²) in [4.78, 5) is 31.8. The predicted molar refractivity (Wildman–Crippen MR) is 136 cm³/mol. The van der Waals surface area contributed by atoms with Crippen molar-refractivity contribution >= 4 is 17.6 Å². The van der Waals surface area contributed by atoms with Gasteiger partial charge >= 0.3 is 0 Å². The maximum atomic E-state index is 13.6. The fraction of sp³-hybridized carbons (Fsp3) is 0.357. The number of halogens is 1. The van der Waals surface area contributed by atoms with Crippen molar-refractivity contribution in [2.45, 2.75) is 32.2 Å². The van der Waals surface area contributed by atoms with Gasteiger partial charge in [0.15, 0.2) is 5.82 Å². The van der Waals surface area contributed by atoms with Crippen molar-refractivity contribution < 1.29 is 14.0 Å². The van der Waals surface area contributed by atoms with E-state index in [1.54, 1.807) is 11.0 Å². The average molecular weight is 488 g/mol. The Morgan fingerprint density at radius 1 is 0.972 bits per heavy atom. The highest BCUT2D eigenvalue weighted by Gasteiger charge is 2.35. The number of hydrogen-bond acceptors (Lipinski definition) is 5. The number of aryl methyl sites for hydroxylation is 1. The monoisotopic (exact) mass is 487 g/mol. The Kier molecular flexibility index (Phi) is 6.93. The molecule has 7 nitrogen and oxygen atoms in total. The molecule has 1 aromatic heterocycles. The Hall–Kier alpha value is -3.81. The van der Waals surface area contributed by atoms with Crippen LogP contribution in [0.1, 0.15) is 35.2 Å². The predicted octanol–water partition coefficient (Wildman–Crippen LogP) is 3.93. The van der Waals surface area contributed by atoms with Crippen LogP contribution >= 0.6 is 0 Å². The van der Waals surface area contributed by atoms with Gasteiger partial charge in [-0.2, -0.15) is 0 Å². The van der Waals surface area contributed by atoms with Gasteiger partial charge in [0.1, 0.15) is 12.4 Å². The molecule has 0 atom stereocenters. The van der Waals surface area contributed by atoms with Crippen LogP contribution in [0.3, 0.4) is 0 Å². The van der Waals surface area contributed by atoms with Gasteiger partial charge in [-0.1, -0.05) is 35.9 Å². The second-order valence-electron chi connectivity index (χ2n) is 9.54. The minimum Gasteiger partial charge on any atom is -0.353 e. The SMILES string of the molecule is Cc1ccc(-c2ccc(N3CCCN(C(=O)CN(C(=O)c4cccc(F)c4)C4CC4)CC3)nn2)cc1. The van der Waals surface area contributed by atoms with Crippen LogP contribution < -0.4 is 4.90 Å². The lowest BCUT2D eigenvalue weighted by Gasteiger charge is -2.27. The molecular weight excluding hydrogens is 457 g/mol. The van der Waals surface area contributed by atoms with Gasteiger partial charge in [-0.25, -0.2) is 4.39 Å². The summed E-state index contributed by atoms with van der Waals surface area (Å²) in [7, 11) is 0. The number of hydrogen-bond donors (Lipinski definition) is 0. The maximum Gasteiger partial charge on any atom is 0.254 e. The molecule has 2 heterocycles. The van der Waals surface area contributed by atoms with Gasteiger partial charge in [0, 0.05) is 43.3 Å². The lowest BCUT2D eigenvalue weighted by Crippen LogP contribution is -2.45. The first-order valence-electron chi connectivity index (χ1n) is 12.5. The van der Waals surface area contributed by atoms with E-state index in [1.165, 1.54) is 23.8 Å². The molecule has 2 amide bonds. The number of aromatic nitrogens is 2. The molecule has 186 valence electrons. The Bertz CT molecular complexity index is 1230. The molecular formula is C28H30FN5O2. The topological polar surface area (TPSA) is 69.6 Å². The van der Waals surface area contributed by atoms with E-state index in [1.807, 2.05) is 29.2 Å². The molecule has 3 aromatic rings. The van der Waals surface area contributed by atoms with E-state index in [4.69, 9.17) is 0 Å². The van der Waals surface area contributed by atoms with E-state index in [0.29, 0.717) is 19.6 Å². The molecule has 1 saturated carbocycles. The van der Waals surface area contributed by atoms with Crippen molar-refractivity contribution in [3.8, 4) is 11.3 Å². The van der Waals surface area contributed by atoms with E-state index >= 15 is 0 Å². The number of carbonyl (C=O) groups excluding carboxylic acids is 2. The van der Waals surface area contributed by atoms with Crippen LogP contribution in [0, 0.1) is 12.7 Å². The molecule has 0 radical (unpaired) electrons. The summed E-state index contributed by atoms with van der Waals surface area (Å²) in [6.07, 6.45) is 2.55. The third-order valence-corrected chi connectivity index (χ3v) is 6.80. The van der Waals surface area contributed by atoms with Gasteiger partial charge in [0.2, 0.25) is 5.91 Å². The van der Waals surface area contributed by atoms with E-state index in [0.717, 1.165) is 42.9 Å². The van der Waals surface area contributed by atoms with Gasteiger partial charge < -0.3 is 14.7 Å². The third kappa shape index (κ3) is 5.53. The van der Waals surface area contributed by atoms with E-state index in [-0.39, 0.29) is 30.0 Å². The molecule has 0 N–H and O–H groups in total. The second kappa shape index (κ2) is 10.4. The molecule has 0 spiro atoms. The van der Waals surface area contributed by atoms with Gasteiger partial charge in [0.25, 0.3) is 5.91 Å². The highest BCUT2D eigenvalue weighted by atomic mass is 19.1. The Morgan fingerprint density at radius 3 is 2.47 bits per heavy atom. The van der Waals surface area contributed by atoms with Crippen LogP contribution in [0.2, 0.25) is 0 Å². The first kappa shape index (κ1) is 23.9. The molecule has 5 rings (SSSR count). The lowest BCUT2D eigenvalue weighted by molar-refractivity contribution is -0.131. The molecule has 0 unspecified atom stereocenters. The van der Waals surface area contributed by atoms with E-state index in [2.05, 4.69) is 34.2 Å². The largest absolute Gasteiger partial charge is 0.353 e. The number of carbonyl (C=O) groups is 2. The molecule has 2 aromatic carbocycles. The van der Waals surface area contributed by atoms with Crippen molar-refractivity contribution in [3.05, 3.63) is 77.6 Å². The Morgan fingerprint density at radius 2 is 1.78 bits per heavy atom. The van der Waals surface area contributed by atoms with E-state index in [9.17, 15) is 14.0 Å². The van der Waals surface area contributed by atoms with Crippen molar-refractivity contribution in [1.29, 1.82) is 0 Å². The summed E-state index contributed by atoms with van der Waals surface area (Å²) in [5.41, 5.74) is 3.34. The fourth-order valence-electron chi connectivity index (χ4n) is 4.55. The number of benzene rings is 2. The number of amides is 2. The van der Waals surface area contributed by atoms with Crippen LogP contribution in [-0.4, -0.2) is 70.6 Å². The summed E-state index contributed by atoms with van der Waals surface area (Å²) in [5, 5.41) is 8.86. The number of anilines is 1. The average Bonchev–Trinajstić information content (AvgIpc) is 3.75. The van der Waals surface area contributed by atoms with Crippen LogP contribution in [0.4, 0.5) is 10.2 Å². The van der Waals surface area contributed by atoms with E-state index < -0.39 is 5.82 Å². The van der Waals surface area contributed by atoms with Gasteiger partial charge in [-0.05, 0) is 56.5 Å². The molecule has 2 aliphatic rings. The minimum absolute atomic E-state index is 0.0189. The van der Waals surface area contributed by atoms with Crippen molar-refractivity contribution in [2.24, 2.45) is 0 Å². The van der Waals surface area contributed by atoms with Crippen LogP contribution in [0.15, 0.2) is 60.7 Å². The summed E-state index contributed by atoms with van der Waals surface area (Å²) >= 11 is 0. The zero-order chi connectivity index (χ0) is 25.1. The third-order valence-electron chi connectivity index (χ3n) is 6.80. The second-order valence-corrected chi connectivity index (χ2v) is 9.54. The summed E-state index contributed by atoms with van der Waals surface area (Å²) in [6.45, 7) is 4.66. The lowest BCUT2D eigenvalue weighted by atomic mass is 10.1. The minimum atomic E-state index is -0.453. The van der Waals surface area contributed by atoms with Crippen molar-refractivity contribution in [3.63, 3.8) is 0 Å². The highest BCUT2D eigenvalue weighted by Crippen LogP contribution is 2.28. The zero-order valence-electron chi connectivity index (χ0n) is 20.4. The summed E-state index contributed by atoms with van der Waals surface area (Å²) in [6, 6.07) is 17.9. The normalized spacial score (nSPS) is 15.9. The first-order chi connectivity index (χ1) is 17.5. The summed E-state index contributed by atoms with van der Waals surface area (Å²) < 4.78 is 13.6. The van der Waals surface area contributed by atoms with Crippen LogP contribution in [-0.2, 0) is 4.79 Å². The molecule has 36 heavy (non-hydrogen) atoms. The Balaban J connectivity index is 1.20. The Labute approximate surface area is 210 Å². The highest BCUT2D eigenvalue weighted by molar-refractivity contribution is 5.97. The van der Waals surface area contributed by atoms with Crippen molar-refractivity contribution in [2.75, 3.05) is 37.6 Å². The van der Waals surface area contributed by atoms with Crippen molar-refractivity contribution in [1.82, 2.24) is 20.0 Å². The van der Waals surface area contributed by atoms with Gasteiger partial charge in [-0.3, -0.25) is 9.59 Å². The molecule has 1 aliphatic heterocycles. The molecule has 2 fully saturated rings. The maximum absolute atomic E-state index is 13.6.